The van der Waals surface area contributed by atoms with Gasteiger partial charge in [0.15, 0.2) is 11.9 Å². The Kier molecular flexibility index (Phi) is 4.50. The van der Waals surface area contributed by atoms with E-state index >= 15 is 0 Å². The fourth-order valence-corrected chi connectivity index (χ4v) is 2.58. The molecule has 0 spiro atoms. The normalized spacial score (nSPS) is 17.3. The highest BCUT2D eigenvalue weighted by Crippen LogP contribution is 2.47. The Morgan fingerprint density at radius 2 is 1.96 bits per heavy atom. The molecule has 0 saturated carbocycles. The van der Waals surface area contributed by atoms with E-state index in [-0.39, 0.29) is 5.56 Å². The summed E-state index contributed by atoms with van der Waals surface area (Å²) in [5.74, 6) is -3.76. The van der Waals surface area contributed by atoms with E-state index in [9.17, 15) is 36.2 Å². The molecule has 144 valence electrons. The fraction of sp³-hybridized carbons (Fsp3) is 0.250. The van der Waals surface area contributed by atoms with Gasteiger partial charge in [-0.2, -0.15) is 26.3 Å². The van der Waals surface area contributed by atoms with Gasteiger partial charge in [0, 0.05) is 11.8 Å². The molecular weight excluding hydrogens is 382 g/mol. The van der Waals surface area contributed by atoms with E-state index in [2.05, 4.69) is 9.72 Å². The van der Waals surface area contributed by atoms with Crippen molar-refractivity contribution in [2.75, 3.05) is 4.90 Å². The largest absolute Gasteiger partial charge is 0.483 e. The van der Waals surface area contributed by atoms with E-state index in [0.29, 0.717) is 4.90 Å². The van der Waals surface area contributed by atoms with E-state index < -0.39 is 53.8 Å². The molecule has 5 nitrogen and oxygen atoms in total. The number of halogens is 6. The average Bonchev–Trinajstić information content (AvgIpc) is 2.57. The van der Waals surface area contributed by atoms with Crippen LogP contribution in [0, 0.1) is 5.95 Å². The van der Waals surface area contributed by atoms with Crippen molar-refractivity contribution in [2.45, 2.75) is 24.9 Å². The van der Waals surface area contributed by atoms with Crippen molar-refractivity contribution in [3.63, 3.8) is 0 Å². The number of carbonyl (C=O) groups is 1. The number of ether oxygens (including phenoxy) is 1. The number of amides is 1. The zero-order valence-electron chi connectivity index (χ0n) is 13.2. The smallest absolute Gasteiger partial charge is 0.423 e. The predicted octanol–water partition coefficient (Wildman–Crippen LogP) is 3.33. The number of nitrogens with zero attached hydrogens (tertiary/aromatic N) is 2. The molecule has 1 atom stereocenters. The maximum absolute atomic E-state index is 14.0. The van der Waals surface area contributed by atoms with Crippen molar-refractivity contribution in [2.24, 2.45) is 0 Å². The number of carbonyl (C=O) groups excluding carboxylic acids is 1. The van der Waals surface area contributed by atoms with Crippen molar-refractivity contribution >= 4 is 11.6 Å². The Labute approximate surface area is 147 Å². The lowest BCUT2D eigenvalue weighted by Gasteiger charge is -2.35. The molecule has 1 amide bonds. The van der Waals surface area contributed by atoms with E-state index in [1.807, 2.05) is 0 Å². The van der Waals surface area contributed by atoms with Gasteiger partial charge < -0.3 is 9.84 Å². The lowest BCUT2D eigenvalue weighted by Crippen LogP contribution is -2.50. The minimum absolute atomic E-state index is 0.0706. The van der Waals surface area contributed by atoms with E-state index in [1.165, 1.54) is 6.07 Å². The number of aromatic nitrogens is 1. The molecule has 0 bridgehead atoms. The number of hydrogen-bond donors (Lipinski definition) is 1. The van der Waals surface area contributed by atoms with Crippen LogP contribution in [0.5, 0.6) is 5.75 Å². The topological polar surface area (TPSA) is 62.7 Å². The van der Waals surface area contributed by atoms with E-state index in [4.69, 9.17) is 0 Å². The molecule has 1 N–H and O–H groups in total. The Morgan fingerprint density at radius 3 is 2.59 bits per heavy atom. The molecule has 0 fully saturated rings. The quantitative estimate of drug-likeness (QED) is 0.643. The zero-order chi connectivity index (χ0) is 20.0. The summed E-state index contributed by atoms with van der Waals surface area (Å²) < 4.78 is 83.9. The molecule has 0 aliphatic carbocycles. The number of fused-ring (bicyclic) bond motifs is 1. The van der Waals surface area contributed by atoms with Gasteiger partial charge in [0.05, 0.1) is 12.2 Å². The van der Waals surface area contributed by atoms with Crippen LogP contribution < -0.4 is 9.64 Å². The number of anilines is 1. The van der Waals surface area contributed by atoms with Crippen LogP contribution in [-0.2, 0) is 11.3 Å². The number of hydrogen-bond acceptors (Lipinski definition) is 4. The summed E-state index contributed by atoms with van der Waals surface area (Å²) in [7, 11) is 0. The van der Waals surface area contributed by atoms with E-state index in [0.717, 1.165) is 30.5 Å². The van der Waals surface area contributed by atoms with Crippen LogP contribution in [0.4, 0.5) is 32.0 Å². The Balaban J connectivity index is 2.10. The third-order valence-electron chi connectivity index (χ3n) is 3.78. The average molecular weight is 392 g/mol. The molecular formula is C16H10F6N2O3. The van der Waals surface area contributed by atoms with Gasteiger partial charge in [0.25, 0.3) is 0 Å². The highest BCUT2D eigenvalue weighted by Gasteiger charge is 2.52. The van der Waals surface area contributed by atoms with Crippen LogP contribution in [0.25, 0.3) is 0 Å². The Bertz CT molecular complexity index is 887. The third kappa shape index (κ3) is 3.54. The molecule has 2 heterocycles. The summed E-state index contributed by atoms with van der Waals surface area (Å²) in [6, 6.07) is 5.01. The summed E-state index contributed by atoms with van der Waals surface area (Å²) in [6.07, 6.45) is -11.7. The van der Waals surface area contributed by atoms with Gasteiger partial charge in [-0.25, -0.2) is 4.98 Å². The number of aliphatic hydroxyl groups is 1. The minimum Gasteiger partial charge on any atom is -0.423 e. The molecule has 2 aromatic rings. The molecule has 27 heavy (non-hydrogen) atoms. The summed E-state index contributed by atoms with van der Waals surface area (Å²) in [5, 5.41) is 9.45. The van der Waals surface area contributed by atoms with E-state index in [1.54, 1.807) is 0 Å². The molecule has 1 aliphatic rings. The zero-order valence-corrected chi connectivity index (χ0v) is 13.2. The first kappa shape index (κ1) is 19.0. The van der Waals surface area contributed by atoms with Gasteiger partial charge in [-0.15, -0.1) is 0 Å². The maximum atomic E-state index is 14.0. The monoisotopic (exact) mass is 392 g/mol. The molecule has 1 aromatic heterocycles. The highest BCUT2D eigenvalue weighted by atomic mass is 19.4. The summed E-state index contributed by atoms with van der Waals surface area (Å²) in [6.45, 7) is -0.574. The molecule has 0 radical (unpaired) electrons. The van der Waals surface area contributed by atoms with Gasteiger partial charge in [-0.05, 0) is 23.8 Å². The second kappa shape index (κ2) is 6.41. The van der Waals surface area contributed by atoms with Gasteiger partial charge in [0.2, 0.25) is 5.95 Å². The molecule has 0 saturated heterocycles. The van der Waals surface area contributed by atoms with Gasteiger partial charge >= 0.3 is 18.2 Å². The first-order chi connectivity index (χ1) is 12.5. The number of benzene rings is 1. The molecule has 1 unspecified atom stereocenters. The van der Waals surface area contributed by atoms with Crippen LogP contribution in [0.15, 0.2) is 36.5 Å². The summed E-state index contributed by atoms with van der Waals surface area (Å²) >= 11 is 0. The minimum atomic E-state index is -5.14. The lowest BCUT2D eigenvalue weighted by molar-refractivity contribution is -0.211. The number of pyridine rings is 1. The Morgan fingerprint density at radius 1 is 1.26 bits per heavy atom. The second-order valence-electron chi connectivity index (χ2n) is 5.64. The standard InChI is InChI=1S/C16H10F6N2O3/c17-11-6-8(4-5-23-11)7-24-10-3-1-2-9(13(25)15(18,19)20)12(10)27-16(21,22)14(24)26/h1-6,13,25H,7H2. The summed E-state index contributed by atoms with van der Waals surface area (Å²) in [5.41, 5.74) is -1.32. The Hall–Kier alpha value is -2.82. The fourth-order valence-electron chi connectivity index (χ4n) is 2.58. The van der Waals surface area contributed by atoms with Crippen LogP contribution in [0.2, 0.25) is 0 Å². The maximum Gasteiger partial charge on any atom is 0.483 e. The second-order valence-corrected chi connectivity index (χ2v) is 5.64. The third-order valence-corrected chi connectivity index (χ3v) is 3.78. The van der Waals surface area contributed by atoms with Crippen molar-refractivity contribution in [3.05, 3.63) is 53.6 Å². The van der Waals surface area contributed by atoms with Gasteiger partial charge in [0.1, 0.15) is 0 Å². The van der Waals surface area contributed by atoms with Crippen molar-refractivity contribution in [1.82, 2.24) is 4.98 Å². The van der Waals surface area contributed by atoms with Crippen LogP contribution in [0.1, 0.15) is 17.2 Å². The van der Waals surface area contributed by atoms with Gasteiger partial charge in [-0.1, -0.05) is 12.1 Å². The number of alkyl halides is 5. The molecule has 11 heteroatoms. The molecule has 1 aliphatic heterocycles. The summed E-state index contributed by atoms with van der Waals surface area (Å²) in [4.78, 5) is 15.8. The highest BCUT2D eigenvalue weighted by molar-refractivity contribution is 6.01. The van der Waals surface area contributed by atoms with Crippen LogP contribution in [0.3, 0.4) is 0 Å². The van der Waals surface area contributed by atoms with Gasteiger partial charge in [-0.3, -0.25) is 9.69 Å². The van der Waals surface area contributed by atoms with Crippen molar-refractivity contribution < 1.29 is 41.0 Å². The first-order valence-electron chi connectivity index (χ1n) is 7.37. The van der Waals surface area contributed by atoms with Crippen LogP contribution >= 0.6 is 0 Å². The molecule has 1 aromatic carbocycles. The number of para-hydroxylation sites is 1. The molecule has 3 rings (SSSR count). The number of rotatable bonds is 3. The van der Waals surface area contributed by atoms with Crippen LogP contribution in [-0.4, -0.2) is 28.3 Å². The predicted molar refractivity (Wildman–Crippen MR) is 78.4 cm³/mol. The van der Waals surface area contributed by atoms with Crippen molar-refractivity contribution in [3.8, 4) is 5.75 Å². The number of aliphatic hydroxyl groups excluding tert-OH is 1. The first-order valence-corrected chi connectivity index (χ1v) is 7.37. The SMILES string of the molecule is O=C1N(Cc2ccnc(F)c2)c2cccc(C(O)C(F)(F)F)c2OC1(F)F. The lowest BCUT2D eigenvalue weighted by atomic mass is 10.0. The van der Waals surface area contributed by atoms with Crippen molar-refractivity contribution in [1.29, 1.82) is 0 Å².